The van der Waals surface area contributed by atoms with Gasteiger partial charge >= 0.3 is 5.97 Å². The summed E-state index contributed by atoms with van der Waals surface area (Å²) >= 11 is 6.74. The van der Waals surface area contributed by atoms with Crippen molar-refractivity contribution in [3.63, 3.8) is 0 Å². The van der Waals surface area contributed by atoms with E-state index >= 15 is 0 Å². The minimum Gasteiger partial charge on any atom is -0.482 e. The molecule has 0 saturated heterocycles. The summed E-state index contributed by atoms with van der Waals surface area (Å²) < 4.78 is 17.0. The van der Waals surface area contributed by atoms with E-state index in [1.807, 2.05) is 13.8 Å². The number of esters is 1. The van der Waals surface area contributed by atoms with Crippen molar-refractivity contribution in [1.82, 2.24) is 0 Å². The van der Waals surface area contributed by atoms with Gasteiger partial charge in [0.25, 0.3) is 5.69 Å². The number of carbonyl (C=O) groups is 2. The van der Waals surface area contributed by atoms with Crippen molar-refractivity contribution in [1.29, 1.82) is 0 Å². The first kappa shape index (κ1) is 25.6. The Kier molecular flexibility index (Phi) is 9.45. The maximum absolute atomic E-state index is 12.0. The van der Waals surface area contributed by atoms with E-state index in [1.165, 1.54) is 18.2 Å². The predicted molar refractivity (Wildman–Crippen MR) is 125 cm³/mol. The zero-order chi connectivity index (χ0) is 23.8. The highest BCUT2D eigenvalue weighted by molar-refractivity contribution is 9.11. The summed E-state index contributed by atoms with van der Waals surface area (Å²) in [5, 5.41) is 14.1. The number of nitro groups is 1. The monoisotopic (exact) mass is 572 g/mol. The van der Waals surface area contributed by atoms with E-state index in [0.717, 1.165) is 0 Å². The fourth-order valence-corrected chi connectivity index (χ4v) is 3.89. The van der Waals surface area contributed by atoms with Gasteiger partial charge in [0, 0.05) is 6.42 Å². The Morgan fingerprint density at radius 2 is 1.78 bits per heavy atom. The molecule has 0 radical (unpaired) electrons. The smallest absolute Gasteiger partial charge is 0.344 e. The zero-order valence-electron chi connectivity index (χ0n) is 17.6. The van der Waals surface area contributed by atoms with Crippen molar-refractivity contribution >= 4 is 55.1 Å². The highest BCUT2D eigenvalue weighted by Gasteiger charge is 2.19. The van der Waals surface area contributed by atoms with Crippen LogP contribution in [0.3, 0.4) is 0 Å². The Labute approximate surface area is 201 Å². The average Bonchev–Trinajstić information content (AvgIpc) is 2.69. The third-order valence-electron chi connectivity index (χ3n) is 3.89. The summed E-state index contributed by atoms with van der Waals surface area (Å²) in [4.78, 5) is 34.4. The predicted octanol–water partition coefficient (Wildman–Crippen LogP) is 5.84. The summed E-state index contributed by atoms with van der Waals surface area (Å²) in [6.07, 6.45) is 0.250. The molecule has 32 heavy (non-hydrogen) atoms. The molecule has 0 unspecified atom stereocenters. The van der Waals surface area contributed by atoms with E-state index < -0.39 is 10.9 Å². The zero-order valence-corrected chi connectivity index (χ0v) is 20.8. The molecule has 172 valence electrons. The molecule has 9 nitrogen and oxygen atoms in total. The van der Waals surface area contributed by atoms with E-state index in [2.05, 4.69) is 37.2 Å². The van der Waals surface area contributed by atoms with Crippen LogP contribution in [0, 0.1) is 16.0 Å². The van der Waals surface area contributed by atoms with Gasteiger partial charge in [-0.3, -0.25) is 14.9 Å². The second-order valence-electron chi connectivity index (χ2n) is 6.99. The lowest BCUT2D eigenvalue weighted by atomic mass is 10.1. The van der Waals surface area contributed by atoms with E-state index in [0.29, 0.717) is 20.4 Å². The van der Waals surface area contributed by atoms with Crippen LogP contribution in [0.1, 0.15) is 27.2 Å². The number of amides is 1. The highest BCUT2D eigenvalue weighted by Crippen LogP contribution is 2.41. The fourth-order valence-electron chi connectivity index (χ4n) is 2.58. The van der Waals surface area contributed by atoms with Crippen LogP contribution >= 0.6 is 31.9 Å². The molecule has 1 N–H and O–H groups in total. The average molecular weight is 574 g/mol. The molecule has 0 saturated carbocycles. The first-order valence-electron chi connectivity index (χ1n) is 9.64. The number of anilines is 1. The van der Waals surface area contributed by atoms with Gasteiger partial charge in [0.15, 0.2) is 12.4 Å². The molecule has 0 aliphatic rings. The number of carbonyl (C=O) groups excluding carboxylic acids is 2. The number of nitrogens with one attached hydrogen (secondary N) is 1. The molecule has 2 aromatic carbocycles. The largest absolute Gasteiger partial charge is 0.482 e. The van der Waals surface area contributed by atoms with Crippen LogP contribution in [0.2, 0.25) is 0 Å². The van der Waals surface area contributed by atoms with Crippen molar-refractivity contribution < 1.29 is 28.7 Å². The molecule has 0 heterocycles. The van der Waals surface area contributed by atoms with Crippen LogP contribution in [0.25, 0.3) is 0 Å². The van der Waals surface area contributed by atoms with Gasteiger partial charge in [0.2, 0.25) is 5.91 Å². The lowest BCUT2D eigenvalue weighted by molar-refractivity contribution is -0.384. The fraction of sp³-hybridized carbons (Fsp3) is 0.333. The molecular formula is C21H22Br2N2O7. The molecule has 0 atom stereocenters. The molecule has 0 spiro atoms. The maximum Gasteiger partial charge on any atom is 0.344 e. The van der Waals surface area contributed by atoms with Gasteiger partial charge in [-0.15, -0.1) is 0 Å². The SMILES string of the molecule is CCOC(=O)COc1cc(Br)c(Oc2ccc(NC(=O)CC(C)C)c([N+](=O)[O-])c2)c(Br)c1. The molecule has 2 rings (SSSR count). The number of rotatable bonds is 10. The van der Waals surface area contributed by atoms with Crippen LogP contribution in [-0.2, 0) is 14.3 Å². The minimum absolute atomic E-state index is 0.0915. The quantitative estimate of drug-likeness (QED) is 0.215. The molecule has 2 aromatic rings. The van der Waals surface area contributed by atoms with Crippen LogP contribution in [-0.4, -0.2) is 30.0 Å². The molecule has 0 aliphatic heterocycles. The van der Waals surface area contributed by atoms with Crippen LogP contribution in [0.4, 0.5) is 11.4 Å². The number of ether oxygens (including phenoxy) is 3. The summed E-state index contributed by atoms with van der Waals surface area (Å²) in [7, 11) is 0. The molecular weight excluding hydrogens is 552 g/mol. The summed E-state index contributed by atoms with van der Waals surface area (Å²) in [6.45, 7) is 5.48. The van der Waals surface area contributed by atoms with Crippen molar-refractivity contribution in [2.24, 2.45) is 5.92 Å². The molecule has 0 aliphatic carbocycles. The maximum atomic E-state index is 12.0. The van der Waals surface area contributed by atoms with Gasteiger partial charge in [-0.25, -0.2) is 4.79 Å². The van der Waals surface area contributed by atoms with Crippen molar-refractivity contribution in [2.75, 3.05) is 18.5 Å². The van der Waals surface area contributed by atoms with Crippen molar-refractivity contribution in [3.05, 3.63) is 49.4 Å². The van der Waals surface area contributed by atoms with E-state index in [9.17, 15) is 19.7 Å². The normalized spacial score (nSPS) is 10.6. The van der Waals surface area contributed by atoms with Crippen LogP contribution in [0.5, 0.6) is 17.2 Å². The van der Waals surface area contributed by atoms with Gasteiger partial charge in [-0.1, -0.05) is 13.8 Å². The highest BCUT2D eigenvalue weighted by atomic mass is 79.9. The van der Waals surface area contributed by atoms with Gasteiger partial charge in [0.05, 0.1) is 26.5 Å². The summed E-state index contributed by atoms with van der Waals surface area (Å²) in [6, 6.07) is 7.35. The van der Waals surface area contributed by atoms with Crippen molar-refractivity contribution in [2.45, 2.75) is 27.2 Å². The molecule has 0 bridgehead atoms. The standard InChI is InChI=1S/C21H22Br2N2O7/c1-4-30-20(27)11-31-14-8-15(22)21(16(23)9-14)32-13-5-6-17(18(10-13)25(28)29)24-19(26)7-12(2)3/h5-6,8-10,12H,4,7,11H2,1-3H3,(H,24,26). The minimum atomic E-state index is -0.589. The Morgan fingerprint density at radius 1 is 1.12 bits per heavy atom. The van der Waals surface area contributed by atoms with Crippen molar-refractivity contribution in [3.8, 4) is 17.2 Å². The molecule has 0 fully saturated rings. The number of hydrogen-bond acceptors (Lipinski definition) is 7. The Bertz CT molecular complexity index is 989. The second-order valence-corrected chi connectivity index (χ2v) is 8.70. The third-order valence-corrected chi connectivity index (χ3v) is 5.07. The molecule has 1 amide bonds. The lowest BCUT2D eigenvalue weighted by Crippen LogP contribution is -2.14. The number of benzene rings is 2. The van der Waals surface area contributed by atoms with E-state index in [4.69, 9.17) is 14.2 Å². The van der Waals surface area contributed by atoms with E-state index in [-0.39, 0.29) is 48.6 Å². The van der Waals surface area contributed by atoms with Gasteiger partial charge in [-0.05, 0) is 69.0 Å². The van der Waals surface area contributed by atoms with Gasteiger partial charge < -0.3 is 19.5 Å². The third kappa shape index (κ3) is 7.49. The summed E-state index contributed by atoms with van der Waals surface area (Å²) in [5.41, 5.74) is -0.199. The number of nitrogens with zero attached hydrogens (tertiary/aromatic N) is 1. The van der Waals surface area contributed by atoms with Gasteiger partial charge in [0.1, 0.15) is 17.2 Å². The van der Waals surface area contributed by atoms with Crippen LogP contribution in [0.15, 0.2) is 39.3 Å². The number of halogens is 2. The lowest BCUT2D eigenvalue weighted by Gasteiger charge is -2.13. The Hall–Kier alpha value is -2.66. The van der Waals surface area contributed by atoms with E-state index in [1.54, 1.807) is 19.1 Å². The first-order valence-corrected chi connectivity index (χ1v) is 11.2. The molecule has 0 aromatic heterocycles. The Balaban J connectivity index is 2.21. The topological polar surface area (TPSA) is 117 Å². The number of hydrogen-bond donors (Lipinski definition) is 1. The van der Waals surface area contributed by atoms with Gasteiger partial charge in [-0.2, -0.15) is 0 Å². The summed E-state index contributed by atoms with van der Waals surface area (Å²) in [5.74, 6) is 0.252. The first-order chi connectivity index (χ1) is 15.1. The number of nitro benzene ring substituents is 1. The Morgan fingerprint density at radius 3 is 2.34 bits per heavy atom. The molecule has 11 heteroatoms. The second kappa shape index (κ2) is 11.8. The van der Waals surface area contributed by atoms with Crippen LogP contribution < -0.4 is 14.8 Å².